The molecule has 3 N–H and O–H groups in total. The minimum Gasteiger partial charge on any atom is -0.399 e. The summed E-state index contributed by atoms with van der Waals surface area (Å²) < 4.78 is 26.2. The average molecular weight is 330 g/mol. The van der Waals surface area contributed by atoms with Crippen LogP contribution < -0.4 is 5.73 Å². The van der Waals surface area contributed by atoms with Crippen LogP contribution in [0.2, 0.25) is 0 Å². The summed E-state index contributed by atoms with van der Waals surface area (Å²) in [6.45, 7) is 0.0837. The quantitative estimate of drug-likeness (QED) is 0.558. The van der Waals surface area contributed by atoms with Gasteiger partial charge >= 0.3 is 0 Å². The number of rotatable bonds is 8. The van der Waals surface area contributed by atoms with Crippen LogP contribution in [0.3, 0.4) is 0 Å². The fourth-order valence-electron chi connectivity index (χ4n) is 2.27. The van der Waals surface area contributed by atoms with Crippen LogP contribution in [0.5, 0.6) is 0 Å². The Balaban J connectivity index is 1.88. The van der Waals surface area contributed by atoms with Crippen LogP contribution in [-0.2, 0) is 10.0 Å². The Morgan fingerprint density at radius 2 is 1.95 bits per heavy atom. The number of hydrogen-bond donors (Lipinski definition) is 2. The van der Waals surface area contributed by atoms with E-state index < -0.39 is 10.0 Å². The van der Waals surface area contributed by atoms with E-state index >= 15 is 0 Å². The molecule has 1 aromatic carbocycles. The number of aliphatic hydroxyl groups excluding tert-OH is 1. The summed E-state index contributed by atoms with van der Waals surface area (Å²) in [5, 5.41) is 9.07. The minimum absolute atomic E-state index is 0.0867. The maximum absolute atomic E-state index is 12.4. The molecule has 2 rings (SSSR count). The van der Waals surface area contributed by atoms with Crippen molar-refractivity contribution in [2.24, 2.45) is 0 Å². The third-order valence-electron chi connectivity index (χ3n) is 3.65. The minimum atomic E-state index is -3.30. The Labute approximate surface area is 130 Å². The van der Waals surface area contributed by atoms with Crippen LogP contribution in [0.1, 0.15) is 19.3 Å². The molecule has 5 nitrogen and oxygen atoms in total. The molecular formula is C14H22N2O3S2. The molecule has 1 saturated carbocycles. The summed E-state index contributed by atoms with van der Waals surface area (Å²) in [6, 6.07) is 7.49. The van der Waals surface area contributed by atoms with Gasteiger partial charge in [-0.25, -0.2) is 8.42 Å². The number of nitrogen functional groups attached to an aromatic ring is 1. The van der Waals surface area contributed by atoms with E-state index in [9.17, 15) is 8.42 Å². The Morgan fingerprint density at radius 1 is 1.29 bits per heavy atom. The van der Waals surface area contributed by atoms with E-state index in [2.05, 4.69) is 0 Å². The molecule has 0 aromatic heterocycles. The molecule has 0 amide bonds. The number of nitrogens with two attached hydrogens (primary N) is 1. The zero-order valence-electron chi connectivity index (χ0n) is 11.9. The van der Waals surface area contributed by atoms with Gasteiger partial charge < -0.3 is 10.8 Å². The van der Waals surface area contributed by atoms with Gasteiger partial charge in [-0.2, -0.15) is 4.31 Å². The van der Waals surface area contributed by atoms with Crippen molar-refractivity contribution in [3.8, 4) is 0 Å². The van der Waals surface area contributed by atoms with E-state index in [1.54, 1.807) is 0 Å². The number of hydrogen-bond acceptors (Lipinski definition) is 5. The van der Waals surface area contributed by atoms with Crippen molar-refractivity contribution in [3.05, 3.63) is 24.3 Å². The average Bonchev–Trinajstić information content (AvgIpc) is 2.38. The van der Waals surface area contributed by atoms with E-state index in [0.29, 0.717) is 11.4 Å². The fraction of sp³-hybridized carbons (Fsp3) is 0.571. The predicted molar refractivity (Wildman–Crippen MR) is 86.8 cm³/mol. The molecule has 0 aliphatic heterocycles. The Kier molecular flexibility index (Phi) is 5.92. The van der Waals surface area contributed by atoms with Gasteiger partial charge in [-0.1, -0.05) is 6.42 Å². The lowest BCUT2D eigenvalue weighted by atomic mass is 9.93. The van der Waals surface area contributed by atoms with Gasteiger partial charge in [-0.3, -0.25) is 0 Å². The molecule has 1 aliphatic carbocycles. The zero-order chi connectivity index (χ0) is 15.3. The fourth-order valence-corrected chi connectivity index (χ4v) is 5.27. The van der Waals surface area contributed by atoms with E-state index in [1.165, 1.54) is 16.1 Å². The van der Waals surface area contributed by atoms with Crippen molar-refractivity contribution in [1.82, 2.24) is 4.31 Å². The molecule has 7 heteroatoms. The van der Waals surface area contributed by atoms with Crippen molar-refractivity contribution >= 4 is 27.5 Å². The summed E-state index contributed by atoms with van der Waals surface area (Å²) in [5.41, 5.74) is 6.32. The third-order valence-corrected chi connectivity index (χ3v) is 6.84. The molecular weight excluding hydrogens is 308 g/mol. The largest absolute Gasteiger partial charge is 0.399 e. The van der Waals surface area contributed by atoms with Gasteiger partial charge in [0.15, 0.2) is 0 Å². The first kappa shape index (κ1) is 16.6. The summed E-state index contributed by atoms with van der Waals surface area (Å²) in [7, 11) is -3.30. The Morgan fingerprint density at radius 3 is 2.48 bits per heavy atom. The van der Waals surface area contributed by atoms with Gasteiger partial charge in [0.05, 0.1) is 12.4 Å². The van der Waals surface area contributed by atoms with Crippen molar-refractivity contribution in [2.75, 3.05) is 30.4 Å². The van der Waals surface area contributed by atoms with Crippen LogP contribution in [0.25, 0.3) is 0 Å². The van der Waals surface area contributed by atoms with Crippen LogP contribution in [0.4, 0.5) is 5.69 Å². The zero-order valence-corrected chi connectivity index (χ0v) is 13.6. The molecule has 1 fully saturated rings. The van der Waals surface area contributed by atoms with Crippen molar-refractivity contribution in [2.45, 2.75) is 30.2 Å². The summed E-state index contributed by atoms with van der Waals surface area (Å²) in [6.07, 6.45) is 2.89. The molecule has 1 aromatic rings. The van der Waals surface area contributed by atoms with E-state index in [4.69, 9.17) is 10.8 Å². The first-order valence-corrected chi connectivity index (χ1v) is 9.71. The van der Waals surface area contributed by atoms with Crippen LogP contribution >= 0.6 is 11.8 Å². The standard InChI is InChI=1S/C14H22N2O3S2/c15-12-4-6-14(7-5-12)20-10-11-21(18,19)16(8-9-17)13-2-1-3-13/h4-7,13,17H,1-3,8-11,15H2. The summed E-state index contributed by atoms with van der Waals surface area (Å²) in [5.74, 6) is 0.597. The lowest BCUT2D eigenvalue weighted by Gasteiger charge is -2.36. The molecule has 0 radical (unpaired) electrons. The lowest BCUT2D eigenvalue weighted by molar-refractivity contribution is 0.178. The molecule has 21 heavy (non-hydrogen) atoms. The highest BCUT2D eigenvalue weighted by Crippen LogP contribution is 2.27. The monoisotopic (exact) mass is 330 g/mol. The van der Waals surface area contributed by atoms with Crippen LogP contribution in [0, 0.1) is 0 Å². The molecule has 0 bridgehead atoms. The molecule has 0 unspecified atom stereocenters. The number of anilines is 1. The first-order valence-electron chi connectivity index (χ1n) is 7.11. The molecule has 1 aliphatic rings. The van der Waals surface area contributed by atoms with Gasteiger partial charge in [0, 0.05) is 28.9 Å². The van der Waals surface area contributed by atoms with E-state index in [-0.39, 0.29) is 24.9 Å². The number of thioether (sulfide) groups is 1. The molecule has 0 spiro atoms. The lowest BCUT2D eigenvalue weighted by Crippen LogP contribution is -2.46. The first-order chi connectivity index (χ1) is 10.0. The molecule has 0 heterocycles. The SMILES string of the molecule is Nc1ccc(SCCS(=O)(=O)N(CCO)C2CCC2)cc1. The highest BCUT2D eigenvalue weighted by molar-refractivity contribution is 8.00. The smallest absolute Gasteiger partial charge is 0.215 e. The number of aliphatic hydroxyl groups is 1. The topological polar surface area (TPSA) is 83.6 Å². The second kappa shape index (κ2) is 7.49. The van der Waals surface area contributed by atoms with Gasteiger partial charge in [0.25, 0.3) is 0 Å². The summed E-state index contributed by atoms with van der Waals surface area (Å²) in [4.78, 5) is 1.01. The maximum Gasteiger partial charge on any atom is 0.215 e. The normalized spacial score (nSPS) is 16.1. The molecule has 0 atom stereocenters. The van der Waals surface area contributed by atoms with Crippen molar-refractivity contribution in [3.63, 3.8) is 0 Å². The second-order valence-electron chi connectivity index (χ2n) is 5.15. The van der Waals surface area contributed by atoms with Gasteiger partial charge in [-0.15, -0.1) is 11.8 Å². The maximum atomic E-state index is 12.4. The highest BCUT2D eigenvalue weighted by Gasteiger charge is 2.32. The van der Waals surface area contributed by atoms with Gasteiger partial charge in [-0.05, 0) is 37.1 Å². The van der Waals surface area contributed by atoms with Gasteiger partial charge in [0.1, 0.15) is 0 Å². The number of sulfonamides is 1. The third kappa shape index (κ3) is 4.60. The molecule has 0 saturated heterocycles. The summed E-state index contributed by atoms with van der Waals surface area (Å²) >= 11 is 1.50. The highest BCUT2D eigenvalue weighted by atomic mass is 32.2. The predicted octanol–water partition coefficient (Wildman–Crippen LogP) is 1.54. The van der Waals surface area contributed by atoms with E-state index in [0.717, 1.165) is 24.2 Å². The van der Waals surface area contributed by atoms with E-state index in [1.807, 2.05) is 24.3 Å². The van der Waals surface area contributed by atoms with Crippen LogP contribution in [-0.4, -0.2) is 48.5 Å². The number of nitrogens with zero attached hydrogens (tertiary/aromatic N) is 1. The van der Waals surface area contributed by atoms with Crippen molar-refractivity contribution < 1.29 is 13.5 Å². The van der Waals surface area contributed by atoms with Crippen molar-refractivity contribution in [1.29, 1.82) is 0 Å². The van der Waals surface area contributed by atoms with Gasteiger partial charge in [0.2, 0.25) is 10.0 Å². The molecule has 118 valence electrons. The number of benzene rings is 1. The Bertz CT molecular complexity index is 542. The second-order valence-corrected chi connectivity index (χ2v) is 8.36. The van der Waals surface area contributed by atoms with Crippen LogP contribution in [0.15, 0.2) is 29.2 Å². The Hall–Kier alpha value is -0.760.